The van der Waals surface area contributed by atoms with Crippen LogP contribution < -0.4 is 11.3 Å². The summed E-state index contributed by atoms with van der Waals surface area (Å²) in [6.45, 7) is 0.785. The molecule has 0 aromatic heterocycles. The molecule has 21 heavy (non-hydrogen) atoms. The fourth-order valence-electron chi connectivity index (χ4n) is 3.59. The molecule has 0 bridgehead atoms. The highest BCUT2D eigenvalue weighted by Gasteiger charge is 2.30. The number of hydrazine groups is 1. The highest BCUT2D eigenvalue weighted by atomic mass is 16.5. The Labute approximate surface area is 127 Å². The smallest absolute Gasteiger partial charge is 0.103 e. The first-order valence-electron chi connectivity index (χ1n) is 8.24. The number of benzene rings is 1. The monoisotopic (exact) mass is 286 g/mol. The third-order valence-corrected chi connectivity index (χ3v) is 4.74. The average Bonchev–Trinajstić information content (AvgIpc) is 2.50. The van der Waals surface area contributed by atoms with Crippen molar-refractivity contribution in [3.63, 3.8) is 0 Å². The molecule has 2 unspecified atom stereocenters. The molecule has 3 N–H and O–H groups in total. The Hall–Kier alpha value is -1.16. The second-order valence-corrected chi connectivity index (χ2v) is 6.12. The molecule has 0 saturated heterocycles. The topological polar surface area (TPSA) is 47.3 Å². The molecule has 1 heterocycles. The van der Waals surface area contributed by atoms with Crippen molar-refractivity contribution in [2.45, 2.75) is 57.1 Å². The lowest BCUT2D eigenvalue weighted by molar-refractivity contribution is 0.0229. The van der Waals surface area contributed by atoms with E-state index in [-0.39, 0.29) is 12.1 Å². The molecule has 0 fully saturated rings. The molecule has 1 aromatic carbocycles. The van der Waals surface area contributed by atoms with Gasteiger partial charge in [-0.15, -0.1) is 0 Å². The van der Waals surface area contributed by atoms with Crippen molar-refractivity contribution in [2.24, 2.45) is 5.84 Å². The normalized spacial score (nSPS) is 26.9. The van der Waals surface area contributed by atoms with E-state index in [0.29, 0.717) is 0 Å². The van der Waals surface area contributed by atoms with E-state index in [1.54, 1.807) is 0 Å². The predicted octanol–water partition coefficient (Wildman–Crippen LogP) is 3.41. The Kier molecular flexibility index (Phi) is 5.07. The zero-order chi connectivity index (χ0) is 14.5. The van der Waals surface area contributed by atoms with E-state index in [9.17, 15) is 0 Å². The van der Waals surface area contributed by atoms with E-state index in [0.717, 1.165) is 19.4 Å². The van der Waals surface area contributed by atoms with Crippen molar-refractivity contribution in [3.05, 3.63) is 47.0 Å². The summed E-state index contributed by atoms with van der Waals surface area (Å²) in [7, 11) is 0. The highest BCUT2D eigenvalue weighted by Crippen LogP contribution is 2.34. The van der Waals surface area contributed by atoms with Gasteiger partial charge in [-0.3, -0.25) is 11.3 Å². The number of rotatable bonds is 3. The van der Waals surface area contributed by atoms with Crippen LogP contribution in [0.25, 0.3) is 0 Å². The largest absolute Gasteiger partial charge is 0.371 e. The summed E-state index contributed by atoms with van der Waals surface area (Å²) in [4.78, 5) is 0. The Morgan fingerprint density at radius 3 is 2.86 bits per heavy atom. The zero-order valence-corrected chi connectivity index (χ0v) is 12.7. The van der Waals surface area contributed by atoms with Crippen LogP contribution in [0, 0.1) is 0 Å². The van der Waals surface area contributed by atoms with Gasteiger partial charge in [-0.25, -0.2) is 0 Å². The maximum atomic E-state index is 6.10. The van der Waals surface area contributed by atoms with Crippen LogP contribution in [0.1, 0.15) is 55.8 Å². The van der Waals surface area contributed by atoms with Crippen molar-refractivity contribution < 1.29 is 4.74 Å². The van der Waals surface area contributed by atoms with Gasteiger partial charge in [0, 0.05) is 0 Å². The Morgan fingerprint density at radius 2 is 1.95 bits per heavy atom. The molecule has 0 spiro atoms. The molecule has 3 nitrogen and oxygen atoms in total. The number of fused-ring (bicyclic) bond motifs is 1. The second kappa shape index (κ2) is 7.21. The minimum atomic E-state index is 0.0469. The Bertz CT molecular complexity index is 498. The van der Waals surface area contributed by atoms with E-state index in [4.69, 9.17) is 10.6 Å². The predicted molar refractivity (Wildman–Crippen MR) is 85.7 cm³/mol. The molecule has 1 aromatic rings. The lowest BCUT2D eigenvalue weighted by atomic mass is 9.86. The van der Waals surface area contributed by atoms with Crippen molar-refractivity contribution in [3.8, 4) is 0 Å². The van der Waals surface area contributed by atoms with E-state index in [1.165, 1.54) is 48.8 Å². The summed E-state index contributed by atoms with van der Waals surface area (Å²) in [5.41, 5.74) is 7.17. The third-order valence-electron chi connectivity index (χ3n) is 4.74. The van der Waals surface area contributed by atoms with E-state index in [2.05, 4.69) is 35.8 Å². The van der Waals surface area contributed by atoms with Crippen LogP contribution in [0.4, 0.5) is 0 Å². The first-order valence-corrected chi connectivity index (χ1v) is 8.24. The van der Waals surface area contributed by atoms with Crippen LogP contribution in [0.15, 0.2) is 35.9 Å². The molecule has 3 rings (SSSR count). The fourth-order valence-corrected chi connectivity index (χ4v) is 3.59. The molecule has 1 aliphatic carbocycles. The summed E-state index contributed by atoms with van der Waals surface area (Å²) in [5.74, 6) is 5.91. The summed E-state index contributed by atoms with van der Waals surface area (Å²) >= 11 is 0. The van der Waals surface area contributed by atoms with Crippen LogP contribution in [0.5, 0.6) is 0 Å². The number of allylic oxidation sites excluding steroid dienone is 1. The molecule has 0 radical (unpaired) electrons. The van der Waals surface area contributed by atoms with Gasteiger partial charge in [0.2, 0.25) is 0 Å². The van der Waals surface area contributed by atoms with Crippen molar-refractivity contribution in [1.82, 2.24) is 5.43 Å². The summed E-state index contributed by atoms with van der Waals surface area (Å²) < 4.78 is 6.10. The maximum absolute atomic E-state index is 6.10. The van der Waals surface area contributed by atoms with Crippen LogP contribution in [-0.4, -0.2) is 12.6 Å². The molecule has 1 aliphatic heterocycles. The average molecular weight is 286 g/mol. The van der Waals surface area contributed by atoms with Gasteiger partial charge in [-0.2, -0.15) is 0 Å². The van der Waals surface area contributed by atoms with Crippen LogP contribution in [0.3, 0.4) is 0 Å². The quantitative estimate of drug-likeness (QED) is 0.508. The molecule has 2 aliphatic rings. The summed E-state index contributed by atoms with van der Waals surface area (Å²) in [6, 6.07) is 8.71. The van der Waals surface area contributed by atoms with Crippen LogP contribution in [0.2, 0.25) is 0 Å². The van der Waals surface area contributed by atoms with Gasteiger partial charge in [0.1, 0.15) is 6.10 Å². The van der Waals surface area contributed by atoms with Crippen molar-refractivity contribution in [1.29, 1.82) is 0 Å². The van der Waals surface area contributed by atoms with Gasteiger partial charge in [-0.05, 0) is 43.2 Å². The van der Waals surface area contributed by atoms with Gasteiger partial charge in [0.15, 0.2) is 0 Å². The summed E-state index contributed by atoms with van der Waals surface area (Å²) in [5, 5.41) is 0. The molecule has 0 amide bonds. The summed E-state index contributed by atoms with van der Waals surface area (Å²) in [6.07, 6.45) is 11.0. The zero-order valence-electron chi connectivity index (χ0n) is 12.7. The number of hydrogen-bond acceptors (Lipinski definition) is 3. The fraction of sp³-hybridized carbons (Fsp3) is 0.556. The lowest BCUT2D eigenvalue weighted by Gasteiger charge is -2.34. The van der Waals surface area contributed by atoms with Gasteiger partial charge in [0.05, 0.1) is 12.6 Å². The molecule has 2 atom stereocenters. The first-order chi connectivity index (χ1) is 10.4. The minimum absolute atomic E-state index is 0.0469. The highest BCUT2D eigenvalue weighted by molar-refractivity contribution is 5.34. The molecule has 114 valence electrons. The van der Waals surface area contributed by atoms with E-state index in [1.807, 2.05) is 0 Å². The number of nitrogens with two attached hydrogens (primary N) is 1. The molecular formula is C18H26N2O. The lowest BCUT2D eigenvalue weighted by Crippen LogP contribution is -2.43. The number of ether oxygens (including phenoxy) is 1. The standard InChI is InChI=1S/C18H26N2O/c19-20-17(15-9-4-2-1-3-5-10-15)18-16-11-7-6-8-14(16)12-13-21-18/h6-9,11,17-18,20H,1-5,10,12-13,19H2/b15-9+. The molecule has 0 saturated carbocycles. The van der Waals surface area contributed by atoms with E-state index >= 15 is 0 Å². The third kappa shape index (κ3) is 3.37. The van der Waals surface area contributed by atoms with Crippen molar-refractivity contribution in [2.75, 3.05) is 6.61 Å². The molecular weight excluding hydrogens is 260 g/mol. The van der Waals surface area contributed by atoms with Gasteiger partial charge >= 0.3 is 0 Å². The number of nitrogens with one attached hydrogen (secondary N) is 1. The van der Waals surface area contributed by atoms with Crippen molar-refractivity contribution >= 4 is 0 Å². The van der Waals surface area contributed by atoms with Gasteiger partial charge < -0.3 is 4.74 Å². The maximum Gasteiger partial charge on any atom is 0.103 e. The number of hydrogen-bond donors (Lipinski definition) is 2. The van der Waals surface area contributed by atoms with Gasteiger partial charge in [0.25, 0.3) is 0 Å². The first kappa shape index (κ1) is 14.8. The second-order valence-electron chi connectivity index (χ2n) is 6.12. The molecule has 3 heteroatoms. The van der Waals surface area contributed by atoms with Crippen LogP contribution >= 0.6 is 0 Å². The van der Waals surface area contributed by atoms with Crippen LogP contribution in [-0.2, 0) is 11.2 Å². The SMILES string of the molecule is NNC(/C1=C/CCCCCC1)C1OCCc2ccccc21. The van der Waals surface area contributed by atoms with E-state index < -0.39 is 0 Å². The Morgan fingerprint density at radius 1 is 1.10 bits per heavy atom. The minimum Gasteiger partial charge on any atom is -0.371 e. The Balaban J connectivity index is 1.86. The van der Waals surface area contributed by atoms with Gasteiger partial charge in [-0.1, -0.05) is 48.8 Å².